The third-order valence-electron chi connectivity index (χ3n) is 2.97. The number of ether oxygens (including phenoxy) is 2. The molecule has 0 saturated carbocycles. The van der Waals surface area contributed by atoms with Crippen LogP contribution >= 0.6 is 0 Å². The van der Waals surface area contributed by atoms with Gasteiger partial charge in [-0.25, -0.2) is 4.79 Å². The molecule has 0 radical (unpaired) electrons. The van der Waals surface area contributed by atoms with E-state index < -0.39 is 5.60 Å². The summed E-state index contributed by atoms with van der Waals surface area (Å²) in [4.78, 5) is 11.7. The van der Waals surface area contributed by atoms with Crippen molar-refractivity contribution in [3.8, 4) is 0 Å². The summed E-state index contributed by atoms with van der Waals surface area (Å²) < 4.78 is 10.7. The van der Waals surface area contributed by atoms with Crippen LogP contribution in [0.5, 0.6) is 0 Å². The van der Waals surface area contributed by atoms with Gasteiger partial charge in [0.25, 0.3) is 0 Å². The Hall–Kier alpha value is -0.810. The first kappa shape index (κ1) is 16.2. The first-order valence-corrected chi connectivity index (χ1v) is 7.23. The number of hydrogen-bond acceptors (Lipinski definition) is 4. The Balaban J connectivity index is 2.29. The molecule has 5 nitrogen and oxygen atoms in total. The molecule has 0 unspecified atom stereocenters. The third kappa shape index (κ3) is 6.78. The van der Waals surface area contributed by atoms with Crippen LogP contribution in [0.15, 0.2) is 0 Å². The number of hydrogen-bond donors (Lipinski definition) is 2. The highest BCUT2D eigenvalue weighted by Crippen LogP contribution is 2.10. The number of carbonyl (C=O) groups excluding carboxylic acids is 1. The van der Waals surface area contributed by atoms with Crippen LogP contribution < -0.4 is 10.6 Å². The van der Waals surface area contributed by atoms with Crippen molar-refractivity contribution in [2.45, 2.75) is 64.6 Å². The second kappa shape index (κ2) is 7.70. The molecular formula is C14H28N2O3. The van der Waals surface area contributed by atoms with E-state index in [0.29, 0.717) is 13.2 Å². The van der Waals surface area contributed by atoms with Crippen molar-refractivity contribution >= 4 is 6.09 Å². The van der Waals surface area contributed by atoms with E-state index in [1.165, 1.54) is 12.8 Å². The zero-order chi connectivity index (χ0) is 14.3. The normalized spacial score (nSPS) is 23.4. The first-order valence-electron chi connectivity index (χ1n) is 7.23. The van der Waals surface area contributed by atoms with Gasteiger partial charge in [0.15, 0.2) is 0 Å². The SMILES string of the molecule is CCCCCN[C@@H]1COC[C@@H]1NC(=O)OC(C)(C)C. The molecule has 0 bridgehead atoms. The van der Waals surface area contributed by atoms with Crippen LogP contribution in [-0.2, 0) is 9.47 Å². The monoisotopic (exact) mass is 272 g/mol. The van der Waals surface area contributed by atoms with Gasteiger partial charge in [-0.2, -0.15) is 0 Å². The lowest BCUT2D eigenvalue weighted by atomic mass is 10.1. The molecule has 1 aliphatic rings. The number of alkyl carbamates (subject to hydrolysis) is 1. The molecule has 0 aliphatic carbocycles. The third-order valence-corrected chi connectivity index (χ3v) is 2.97. The van der Waals surface area contributed by atoms with E-state index in [1.807, 2.05) is 20.8 Å². The predicted octanol–water partition coefficient (Wildman–Crippen LogP) is 2.06. The molecule has 1 aliphatic heterocycles. The summed E-state index contributed by atoms with van der Waals surface area (Å²) in [6.07, 6.45) is 3.22. The quantitative estimate of drug-likeness (QED) is 0.727. The van der Waals surface area contributed by atoms with E-state index >= 15 is 0 Å². The number of nitrogens with one attached hydrogen (secondary N) is 2. The molecule has 1 rings (SSSR count). The molecule has 0 aromatic heterocycles. The van der Waals surface area contributed by atoms with Crippen molar-refractivity contribution in [3.05, 3.63) is 0 Å². The summed E-state index contributed by atoms with van der Waals surface area (Å²) in [6.45, 7) is 9.92. The summed E-state index contributed by atoms with van der Waals surface area (Å²) in [5.74, 6) is 0. The highest BCUT2D eigenvalue weighted by molar-refractivity contribution is 5.68. The van der Waals surface area contributed by atoms with E-state index in [-0.39, 0.29) is 18.2 Å². The molecule has 2 N–H and O–H groups in total. The van der Waals surface area contributed by atoms with Crippen LogP contribution in [0, 0.1) is 0 Å². The fourth-order valence-electron chi connectivity index (χ4n) is 2.02. The minimum atomic E-state index is -0.465. The molecule has 1 saturated heterocycles. The second-order valence-corrected chi connectivity index (χ2v) is 6.06. The smallest absolute Gasteiger partial charge is 0.408 e. The summed E-state index contributed by atoms with van der Waals surface area (Å²) >= 11 is 0. The number of unbranched alkanes of at least 4 members (excludes halogenated alkanes) is 2. The molecule has 0 spiro atoms. The zero-order valence-corrected chi connectivity index (χ0v) is 12.6. The molecule has 1 fully saturated rings. The zero-order valence-electron chi connectivity index (χ0n) is 12.6. The maximum atomic E-state index is 11.7. The Morgan fingerprint density at radius 3 is 2.58 bits per heavy atom. The molecule has 19 heavy (non-hydrogen) atoms. The van der Waals surface area contributed by atoms with Crippen LogP contribution in [-0.4, -0.2) is 43.5 Å². The minimum absolute atomic E-state index is 0.00326. The van der Waals surface area contributed by atoms with Crippen LogP contribution in [0.4, 0.5) is 4.79 Å². The topological polar surface area (TPSA) is 59.6 Å². The van der Waals surface area contributed by atoms with Crippen molar-refractivity contribution < 1.29 is 14.3 Å². The van der Waals surface area contributed by atoms with Gasteiger partial charge in [0, 0.05) is 0 Å². The standard InChI is InChI=1S/C14H28N2O3/c1-5-6-7-8-15-11-9-18-10-12(11)16-13(17)19-14(2,3)4/h11-12,15H,5-10H2,1-4H3,(H,16,17)/t11-,12+/m1/s1. The maximum absolute atomic E-state index is 11.7. The van der Waals surface area contributed by atoms with Crippen LogP contribution in [0.2, 0.25) is 0 Å². The van der Waals surface area contributed by atoms with Crippen LogP contribution in [0.1, 0.15) is 47.0 Å². The van der Waals surface area contributed by atoms with Gasteiger partial charge in [0.2, 0.25) is 0 Å². The van der Waals surface area contributed by atoms with Crippen molar-refractivity contribution in [1.29, 1.82) is 0 Å². The molecule has 0 aromatic rings. The van der Waals surface area contributed by atoms with Crippen molar-refractivity contribution in [3.63, 3.8) is 0 Å². The minimum Gasteiger partial charge on any atom is -0.444 e. The van der Waals surface area contributed by atoms with Crippen LogP contribution in [0.3, 0.4) is 0 Å². The van der Waals surface area contributed by atoms with Gasteiger partial charge >= 0.3 is 6.09 Å². The van der Waals surface area contributed by atoms with Crippen molar-refractivity contribution in [1.82, 2.24) is 10.6 Å². The fourth-order valence-corrected chi connectivity index (χ4v) is 2.02. The molecule has 1 heterocycles. The molecule has 2 atom stereocenters. The maximum Gasteiger partial charge on any atom is 0.408 e. The lowest BCUT2D eigenvalue weighted by molar-refractivity contribution is 0.0494. The van der Waals surface area contributed by atoms with Gasteiger partial charge < -0.3 is 20.1 Å². The number of rotatable bonds is 6. The van der Waals surface area contributed by atoms with E-state index in [2.05, 4.69) is 17.6 Å². The fraction of sp³-hybridized carbons (Fsp3) is 0.929. The summed E-state index contributed by atoms with van der Waals surface area (Å²) in [5, 5.41) is 6.32. The van der Waals surface area contributed by atoms with Gasteiger partial charge in [0.1, 0.15) is 5.60 Å². The Bertz CT molecular complexity index is 276. The Morgan fingerprint density at radius 1 is 1.26 bits per heavy atom. The van der Waals surface area contributed by atoms with E-state index in [4.69, 9.17) is 9.47 Å². The highest BCUT2D eigenvalue weighted by Gasteiger charge is 2.30. The first-order chi connectivity index (χ1) is 8.92. The number of amides is 1. The molecular weight excluding hydrogens is 244 g/mol. The molecule has 0 aromatic carbocycles. The lowest BCUT2D eigenvalue weighted by Crippen LogP contribution is -2.50. The van der Waals surface area contributed by atoms with E-state index in [0.717, 1.165) is 13.0 Å². The van der Waals surface area contributed by atoms with Gasteiger partial charge in [0.05, 0.1) is 25.3 Å². The van der Waals surface area contributed by atoms with E-state index in [1.54, 1.807) is 0 Å². The summed E-state index contributed by atoms with van der Waals surface area (Å²) in [6, 6.07) is 0.181. The van der Waals surface area contributed by atoms with Crippen molar-refractivity contribution in [2.75, 3.05) is 19.8 Å². The Kier molecular flexibility index (Phi) is 6.58. The number of carbonyl (C=O) groups is 1. The van der Waals surface area contributed by atoms with Gasteiger partial charge in [-0.1, -0.05) is 19.8 Å². The van der Waals surface area contributed by atoms with Gasteiger partial charge in [-0.3, -0.25) is 0 Å². The lowest BCUT2D eigenvalue weighted by Gasteiger charge is -2.24. The Labute approximate surface area is 116 Å². The van der Waals surface area contributed by atoms with Gasteiger partial charge in [-0.15, -0.1) is 0 Å². The average molecular weight is 272 g/mol. The molecule has 5 heteroatoms. The largest absolute Gasteiger partial charge is 0.444 e. The molecule has 112 valence electrons. The summed E-state index contributed by atoms with van der Waals surface area (Å²) in [7, 11) is 0. The summed E-state index contributed by atoms with van der Waals surface area (Å²) in [5.41, 5.74) is -0.465. The van der Waals surface area contributed by atoms with Gasteiger partial charge in [-0.05, 0) is 33.7 Å². The Morgan fingerprint density at radius 2 is 1.95 bits per heavy atom. The van der Waals surface area contributed by atoms with Crippen LogP contribution in [0.25, 0.3) is 0 Å². The second-order valence-electron chi connectivity index (χ2n) is 6.06. The van der Waals surface area contributed by atoms with E-state index in [9.17, 15) is 4.79 Å². The average Bonchev–Trinajstić information content (AvgIpc) is 2.69. The van der Waals surface area contributed by atoms with Crippen molar-refractivity contribution in [2.24, 2.45) is 0 Å². The predicted molar refractivity (Wildman–Crippen MR) is 75.3 cm³/mol. The molecule has 1 amide bonds. The highest BCUT2D eigenvalue weighted by atomic mass is 16.6.